The van der Waals surface area contributed by atoms with Gasteiger partial charge in [0.1, 0.15) is 0 Å². The number of hydrogen-bond donors (Lipinski definition) is 1. The van der Waals surface area contributed by atoms with Crippen molar-refractivity contribution in [3.05, 3.63) is 48.0 Å². The highest BCUT2D eigenvalue weighted by atomic mass is 16.5. The number of aromatic nitrogens is 2. The van der Waals surface area contributed by atoms with Crippen LogP contribution in [0.2, 0.25) is 0 Å². The maximum atomic E-state index is 5.41. The number of nitrogens with one attached hydrogen (secondary N) is 1. The molecule has 1 saturated heterocycles. The number of rotatable bonds is 3. The molecule has 2 aromatic rings. The molecule has 1 N–H and O–H groups in total. The van der Waals surface area contributed by atoms with Crippen molar-refractivity contribution >= 4 is 11.4 Å². The molecule has 2 heterocycles. The third-order valence-electron chi connectivity index (χ3n) is 3.72. The Labute approximate surface area is 118 Å². The molecule has 0 radical (unpaired) electrons. The first-order valence-corrected chi connectivity index (χ1v) is 7.05. The largest absolute Gasteiger partial charge is 0.381 e. The normalized spacial score (nSPS) is 17.4. The number of ether oxygens (including phenoxy) is 1. The average Bonchev–Trinajstić information content (AvgIpc) is 3.03. The lowest BCUT2D eigenvalue weighted by atomic mass is 9.92. The minimum atomic E-state index is 0.632. The highest BCUT2D eigenvalue weighted by Gasteiger charge is 2.15. The maximum Gasteiger partial charge on any atom is 0.151 e. The van der Waals surface area contributed by atoms with Gasteiger partial charge in [-0.2, -0.15) is 0 Å². The van der Waals surface area contributed by atoms with Crippen LogP contribution in [0.15, 0.2) is 41.7 Å². The number of aromatic amines is 1. The number of imidazole rings is 1. The number of aliphatic imine (C=N–C) groups is 1. The zero-order valence-corrected chi connectivity index (χ0v) is 11.7. The van der Waals surface area contributed by atoms with Gasteiger partial charge in [-0.05, 0) is 43.4 Å². The second kappa shape index (κ2) is 6.01. The van der Waals surface area contributed by atoms with E-state index in [-0.39, 0.29) is 0 Å². The summed E-state index contributed by atoms with van der Waals surface area (Å²) in [5, 5.41) is 0. The van der Waals surface area contributed by atoms with Crippen LogP contribution in [0.3, 0.4) is 0 Å². The number of nitrogens with zero attached hydrogens (tertiary/aromatic N) is 2. The van der Waals surface area contributed by atoms with Gasteiger partial charge in [0, 0.05) is 25.6 Å². The zero-order chi connectivity index (χ0) is 13.8. The van der Waals surface area contributed by atoms with E-state index < -0.39 is 0 Å². The molecule has 1 aliphatic rings. The standard InChI is InChI=1S/C16H19N3O/c1-12(16-17-8-9-18-16)19-15-4-2-13(3-5-15)14-6-10-20-11-7-14/h2-5,8-9,14H,6-7,10-11H2,1H3,(H,17,18). The Morgan fingerprint density at radius 2 is 2.00 bits per heavy atom. The number of benzene rings is 1. The quantitative estimate of drug-likeness (QED) is 0.868. The Morgan fingerprint density at radius 1 is 1.25 bits per heavy atom. The fourth-order valence-electron chi connectivity index (χ4n) is 2.56. The fourth-order valence-corrected chi connectivity index (χ4v) is 2.56. The van der Waals surface area contributed by atoms with E-state index in [4.69, 9.17) is 4.74 Å². The third kappa shape index (κ3) is 2.96. The second-order valence-electron chi connectivity index (χ2n) is 5.11. The summed E-state index contributed by atoms with van der Waals surface area (Å²) in [7, 11) is 0. The molecule has 1 aromatic carbocycles. The van der Waals surface area contributed by atoms with Crippen molar-refractivity contribution in [2.24, 2.45) is 4.99 Å². The fraction of sp³-hybridized carbons (Fsp3) is 0.375. The van der Waals surface area contributed by atoms with Gasteiger partial charge in [-0.3, -0.25) is 0 Å². The van der Waals surface area contributed by atoms with E-state index in [2.05, 4.69) is 39.2 Å². The zero-order valence-electron chi connectivity index (χ0n) is 11.7. The number of H-pyrrole nitrogens is 1. The van der Waals surface area contributed by atoms with Gasteiger partial charge < -0.3 is 9.72 Å². The summed E-state index contributed by atoms with van der Waals surface area (Å²) < 4.78 is 5.41. The highest BCUT2D eigenvalue weighted by molar-refractivity contribution is 5.96. The average molecular weight is 269 g/mol. The molecule has 0 saturated carbocycles. The molecule has 0 unspecified atom stereocenters. The van der Waals surface area contributed by atoms with Gasteiger partial charge in [0.15, 0.2) is 5.82 Å². The Morgan fingerprint density at radius 3 is 2.65 bits per heavy atom. The predicted molar refractivity (Wildman–Crippen MR) is 79.7 cm³/mol. The van der Waals surface area contributed by atoms with Crippen LogP contribution in [0.5, 0.6) is 0 Å². The molecule has 0 atom stereocenters. The molecule has 0 aliphatic carbocycles. The van der Waals surface area contributed by atoms with E-state index in [1.54, 1.807) is 6.20 Å². The van der Waals surface area contributed by atoms with Crippen LogP contribution < -0.4 is 0 Å². The lowest BCUT2D eigenvalue weighted by Crippen LogP contribution is -2.13. The van der Waals surface area contributed by atoms with Crippen LogP contribution in [-0.2, 0) is 4.74 Å². The first-order chi connectivity index (χ1) is 9.83. The molecule has 4 nitrogen and oxygen atoms in total. The van der Waals surface area contributed by atoms with Crippen LogP contribution in [0.25, 0.3) is 0 Å². The topological polar surface area (TPSA) is 50.3 Å². The SMILES string of the molecule is CC(=Nc1ccc(C2CCOCC2)cc1)c1ncc[nH]1. The van der Waals surface area contributed by atoms with Crippen molar-refractivity contribution in [3.8, 4) is 0 Å². The monoisotopic (exact) mass is 269 g/mol. The minimum Gasteiger partial charge on any atom is -0.381 e. The smallest absolute Gasteiger partial charge is 0.151 e. The van der Waals surface area contributed by atoms with Crippen LogP contribution >= 0.6 is 0 Å². The van der Waals surface area contributed by atoms with Gasteiger partial charge in [-0.25, -0.2) is 9.98 Å². The van der Waals surface area contributed by atoms with Crippen molar-refractivity contribution < 1.29 is 4.74 Å². The Balaban J connectivity index is 1.74. The predicted octanol–water partition coefficient (Wildman–Crippen LogP) is 3.44. The summed E-state index contributed by atoms with van der Waals surface area (Å²) in [5.74, 6) is 1.45. The Kier molecular flexibility index (Phi) is 3.92. The van der Waals surface area contributed by atoms with Crippen LogP contribution in [0.4, 0.5) is 5.69 Å². The van der Waals surface area contributed by atoms with Crippen molar-refractivity contribution in [1.29, 1.82) is 0 Å². The van der Waals surface area contributed by atoms with E-state index in [9.17, 15) is 0 Å². The lowest BCUT2D eigenvalue weighted by molar-refractivity contribution is 0.0853. The minimum absolute atomic E-state index is 0.632. The molecule has 0 bridgehead atoms. The van der Waals surface area contributed by atoms with E-state index >= 15 is 0 Å². The Hall–Kier alpha value is -1.94. The van der Waals surface area contributed by atoms with E-state index in [1.165, 1.54) is 5.56 Å². The van der Waals surface area contributed by atoms with Gasteiger partial charge in [-0.1, -0.05) is 12.1 Å². The summed E-state index contributed by atoms with van der Waals surface area (Å²) in [6.07, 6.45) is 5.78. The molecule has 1 fully saturated rings. The van der Waals surface area contributed by atoms with E-state index in [0.717, 1.165) is 43.3 Å². The van der Waals surface area contributed by atoms with Crippen molar-refractivity contribution in [3.63, 3.8) is 0 Å². The molecule has 4 heteroatoms. The maximum absolute atomic E-state index is 5.41. The van der Waals surface area contributed by atoms with Crippen LogP contribution in [-0.4, -0.2) is 28.9 Å². The summed E-state index contributed by atoms with van der Waals surface area (Å²) in [6, 6.07) is 8.53. The van der Waals surface area contributed by atoms with Gasteiger partial charge in [0.2, 0.25) is 0 Å². The molecule has 1 aliphatic heterocycles. The Bertz CT molecular complexity index is 566. The molecule has 0 amide bonds. The lowest BCUT2D eigenvalue weighted by Gasteiger charge is -2.22. The van der Waals surface area contributed by atoms with Gasteiger partial charge in [0.05, 0.1) is 11.4 Å². The van der Waals surface area contributed by atoms with Gasteiger partial charge >= 0.3 is 0 Å². The van der Waals surface area contributed by atoms with Gasteiger partial charge in [-0.15, -0.1) is 0 Å². The molecule has 20 heavy (non-hydrogen) atoms. The first kappa shape index (κ1) is 13.1. The van der Waals surface area contributed by atoms with Crippen LogP contribution in [0.1, 0.15) is 37.1 Å². The molecule has 1 aromatic heterocycles. The first-order valence-electron chi connectivity index (χ1n) is 7.05. The second-order valence-corrected chi connectivity index (χ2v) is 5.11. The van der Waals surface area contributed by atoms with Gasteiger partial charge in [0.25, 0.3) is 0 Å². The van der Waals surface area contributed by atoms with E-state index in [0.29, 0.717) is 5.92 Å². The van der Waals surface area contributed by atoms with Crippen molar-refractivity contribution in [1.82, 2.24) is 9.97 Å². The summed E-state index contributed by atoms with van der Waals surface area (Å²) in [4.78, 5) is 11.9. The third-order valence-corrected chi connectivity index (χ3v) is 3.72. The van der Waals surface area contributed by atoms with Crippen molar-refractivity contribution in [2.75, 3.05) is 13.2 Å². The number of hydrogen-bond acceptors (Lipinski definition) is 3. The molecular weight excluding hydrogens is 250 g/mol. The van der Waals surface area contributed by atoms with E-state index in [1.807, 2.05) is 13.1 Å². The highest BCUT2D eigenvalue weighted by Crippen LogP contribution is 2.28. The van der Waals surface area contributed by atoms with Crippen molar-refractivity contribution in [2.45, 2.75) is 25.7 Å². The summed E-state index contributed by atoms with van der Waals surface area (Å²) in [6.45, 7) is 3.72. The molecule has 0 spiro atoms. The summed E-state index contributed by atoms with van der Waals surface area (Å²) in [5.41, 5.74) is 3.26. The molecular formula is C16H19N3O. The molecule has 104 valence electrons. The molecule has 3 rings (SSSR count). The summed E-state index contributed by atoms with van der Waals surface area (Å²) >= 11 is 0. The van der Waals surface area contributed by atoms with Crippen LogP contribution in [0, 0.1) is 0 Å².